The first-order chi connectivity index (χ1) is 10.2. The van der Waals surface area contributed by atoms with Gasteiger partial charge in [0.25, 0.3) is 0 Å². The first-order valence-corrected chi connectivity index (χ1v) is 8.77. The Morgan fingerprint density at radius 2 is 2.33 bits per heavy atom. The fourth-order valence-corrected chi connectivity index (χ4v) is 3.18. The smallest absolute Gasteiger partial charge is 0.136 e. The molecule has 1 aliphatic rings. The second-order valence-electron chi connectivity index (χ2n) is 5.73. The molecule has 3 nitrogen and oxygen atoms in total. The normalized spacial score (nSPS) is 19.7. The predicted octanol–water partition coefficient (Wildman–Crippen LogP) is 4.07. The second kappa shape index (κ2) is 8.76. The summed E-state index contributed by atoms with van der Waals surface area (Å²) in [6.45, 7) is 3.77. The molecule has 2 atom stereocenters. The van der Waals surface area contributed by atoms with Crippen LogP contribution in [0.5, 0.6) is 5.75 Å². The van der Waals surface area contributed by atoms with Gasteiger partial charge >= 0.3 is 0 Å². The Balaban J connectivity index is 1.85. The van der Waals surface area contributed by atoms with Gasteiger partial charge in [-0.1, -0.05) is 19.1 Å². The van der Waals surface area contributed by atoms with Crippen LogP contribution >= 0.6 is 15.9 Å². The van der Waals surface area contributed by atoms with Crippen LogP contribution < -0.4 is 10.5 Å². The molecule has 1 saturated heterocycles. The summed E-state index contributed by atoms with van der Waals surface area (Å²) >= 11 is 3.59. The lowest BCUT2D eigenvalue weighted by atomic mass is 10.0. The Morgan fingerprint density at radius 3 is 3.05 bits per heavy atom. The van der Waals surface area contributed by atoms with E-state index in [1.807, 2.05) is 12.1 Å². The maximum atomic E-state index is 6.07. The van der Waals surface area contributed by atoms with Crippen molar-refractivity contribution in [3.8, 4) is 5.75 Å². The fourth-order valence-electron chi connectivity index (χ4n) is 2.66. The molecule has 1 heterocycles. The number of nitrogens with two attached hydrogens (primary N) is 1. The molecule has 0 spiro atoms. The molecule has 1 fully saturated rings. The molecule has 4 heteroatoms. The van der Waals surface area contributed by atoms with Crippen LogP contribution in [0, 0.1) is 0 Å². The average molecular weight is 356 g/mol. The van der Waals surface area contributed by atoms with Gasteiger partial charge in [-0.05, 0) is 66.1 Å². The molecule has 1 aromatic rings. The van der Waals surface area contributed by atoms with Crippen LogP contribution in [0.4, 0.5) is 0 Å². The van der Waals surface area contributed by atoms with E-state index in [0.29, 0.717) is 6.10 Å². The molecular weight excluding hydrogens is 330 g/mol. The van der Waals surface area contributed by atoms with Crippen molar-refractivity contribution in [3.63, 3.8) is 0 Å². The molecule has 118 valence electrons. The van der Waals surface area contributed by atoms with E-state index in [1.54, 1.807) is 0 Å². The van der Waals surface area contributed by atoms with Gasteiger partial charge < -0.3 is 15.2 Å². The van der Waals surface area contributed by atoms with Gasteiger partial charge in [-0.15, -0.1) is 0 Å². The Morgan fingerprint density at radius 1 is 1.48 bits per heavy atom. The zero-order valence-electron chi connectivity index (χ0n) is 12.8. The number of para-hydroxylation sites is 1. The van der Waals surface area contributed by atoms with Gasteiger partial charge in [0, 0.05) is 12.6 Å². The van der Waals surface area contributed by atoms with E-state index in [1.165, 1.54) is 18.4 Å². The third kappa shape index (κ3) is 5.28. The number of hydrogen-bond acceptors (Lipinski definition) is 3. The zero-order valence-corrected chi connectivity index (χ0v) is 14.4. The Hall–Kier alpha value is -0.580. The Bertz CT molecular complexity index is 433. The number of benzene rings is 1. The predicted molar refractivity (Wildman–Crippen MR) is 89.8 cm³/mol. The molecule has 0 radical (unpaired) electrons. The minimum absolute atomic E-state index is 0.188. The summed E-state index contributed by atoms with van der Waals surface area (Å²) in [5.41, 5.74) is 7.26. The quantitative estimate of drug-likeness (QED) is 0.715. The van der Waals surface area contributed by atoms with E-state index in [-0.39, 0.29) is 6.04 Å². The fraction of sp³-hybridized carbons (Fsp3) is 0.647. The zero-order chi connectivity index (χ0) is 15.1. The number of ether oxygens (including phenoxy) is 2. The van der Waals surface area contributed by atoms with Gasteiger partial charge in [-0.2, -0.15) is 0 Å². The van der Waals surface area contributed by atoms with Gasteiger partial charge in [-0.25, -0.2) is 0 Å². The average Bonchev–Trinajstić information content (AvgIpc) is 2.99. The number of hydrogen-bond donors (Lipinski definition) is 1. The highest BCUT2D eigenvalue weighted by Gasteiger charge is 2.15. The minimum atomic E-state index is 0.188. The molecule has 2 N–H and O–H groups in total. The van der Waals surface area contributed by atoms with E-state index in [4.69, 9.17) is 15.2 Å². The summed E-state index contributed by atoms with van der Waals surface area (Å²) in [7, 11) is 0. The van der Waals surface area contributed by atoms with Crippen molar-refractivity contribution in [3.05, 3.63) is 28.2 Å². The highest BCUT2D eigenvalue weighted by molar-refractivity contribution is 9.10. The molecule has 0 aromatic heterocycles. The lowest BCUT2D eigenvalue weighted by Gasteiger charge is -2.16. The third-order valence-electron chi connectivity index (χ3n) is 4.00. The van der Waals surface area contributed by atoms with Crippen molar-refractivity contribution in [2.75, 3.05) is 13.2 Å². The summed E-state index contributed by atoms with van der Waals surface area (Å²) in [6.07, 6.45) is 6.81. The highest BCUT2D eigenvalue weighted by atomic mass is 79.9. The van der Waals surface area contributed by atoms with Crippen molar-refractivity contribution < 1.29 is 9.47 Å². The summed E-state index contributed by atoms with van der Waals surface area (Å²) in [5, 5.41) is 0. The molecule has 2 rings (SSSR count). The van der Waals surface area contributed by atoms with Crippen LogP contribution in [0.2, 0.25) is 0 Å². The summed E-state index contributed by atoms with van der Waals surface area (Å²) < 4.78 is 12.7. The minimum Gasteiger partial charge on any atom is -0.492 e. The standard InChI is InChI=1S/C17H26BrNO2/c1-2-14(19)12-13-6-3-9-16(18)17(13)21-11-5-8-15-7-4-10-20-15/h3,6,9,14-15H,2,4-5,7-8,10-12,19H2,1H3. The third-order valence-corrected chi connectivity index (χ3v) is 4.62. The van der Waals surface area contributed by atoms with E-state index < -0.39 is 0 Å². The summed E-state index contributed by atoms with van der Waals surface area (Å²) in [4.78, 5) is 0. The van der Waals surface area contributed by atoms with Gasteiger partial charge in [0.2, 0.25) is 0 Å². The first-order valence-electron chi connectivity index (χ1n) is 7.98. The summed E-state index contributed by atoms with van der Waals surface area (Å²) in [6, 6.07) is 6.36. The first kappa shape index (κ1) is 16.8. The maximum absolute atomic E-state index is 6.07. The molecular formula is C17H26BrNO2. The van der Waals surface area contributed by atoms with Crippen molar-refractivity contribution >= 4 is 15.9 Å². The second-order valence-corrected chi connectivity index (χ2v) is 6.58. The van der Waals surface area contributed by atoms with Crippen LogP contribution in [0.3, 0.4) is 0 Å². The van der Waals surface area contributed by atoms with Crippen molar-refractivity contribution in [2.24, 2.45) is 5.73 Å². The maximum Gasteiger partial charge on any atom is 0.136 e. The number of rotatable bonds is 8. The lowest BCUT2D eigenvalue weighted by Crippen LogP contribution is -2.21. The monoisotopic (exact) mass is 355 g/mol. The Labute approximate surface area is 136 Å². The molecule has 1 aromatic carbocycles. The van der Waals surface area contributed by atoms with E-state index >= 15 is 0 Å². The molecule has 0 saturated carbocycles. The Kier molecular flexibility index (Phi) is 7.00. The van der Waals surface area contributed by atoms with E-state index in [2.05, 4.69) is 28.9 Å². The topological polar surface area (TPSA) is 44.5 Å². The van der Waals surface area contributed by atoms with Crippen molar-refractivity contribution in [2.45, 2.75) is 57.6 Å². The largest absolute Gasteiger partial charge is 0.492 e. The van der Waals surface area contributed by atoms with Gasteiger partial charge in [0.1, 0.15) is 5.75 Å². The van der Waals surface area contributed by atoms with Crippen molar-refractivity contribution in [1.82, 2.24) is 0 Å². The van der Waals surface area contributed by atoms with Crippen LogP contribution in [0.1, 0.15) is 44.6 Å². The van der Waals surface area contributed by atoms with Crippen LogP contribution in [0.15, 0.2) is 22.7 Å². The molecule has 0 bridgehead atoms. The van der Waals surface area contributed by atoms with E-state index in [0.717, 1.165) is 49.1 Å². The summed E-state index contributed by atoms with van der Waals surface area (Å²) in [5.74, 6) is 0.953. The van der Waals surface area contributed by atoms with Crippen LogP contribution in [-0.2, 0) is 11.2 Å². The van der Waals surface area contributed by atoms with Gasteiger partial charge in [0.15, 0.2) is 0 Å². The molecule has 21 heavy (non-hydrogen) atoms. The molecule has 1 aliphatic heterocycles. The highest BCUT2D eigenvalue weighted by Crippen LogP contribution is 2.30. The van der Waals surface area contributed by atoms with Gasteiger partial charge in [-0.3, -0.25) is 0 Å². The molecule has 2 unspecified atom stereocenters. The molecule has 0 aliphatic carbocycles. The van der Waals surface area contributed by atoms with Gasteiger partial charge in [0.05, 0.1) is 17.2 Å². The SMILES string of the molecule is CCC(N)Cc1cccc(Br)c1OCCCC1CCCO1. The lowest BCUT2D eigenvalue weighted by molar-refractivity contribution is 0.0980. The van der Waals surface area contributed by atoms with Crippen LogP contribution in [-0.4, -0.2) is 25.4 Å². The van der Waals surface area contributed by atoms with E-state index in [9.17, 15) is 0 Å². The van der Waals surface area contributed by atoms with Crippen molar-refractivity contribution in [1.29, 1.82) is 0 Å². The number of halogens is 1. The molecule has 0 amide bonds. The van der Waals surface area contributed by atoms with Crippen LogP contribution in [0.25, 0.3) is 0 Å².